The fourth-order valence-electron chi connectivity index (χ4n) is 8.59. The molecule has 0 amide bonds. The van der Waals surface area contributed by atoms with Crippen LogP contribution in [-0.4, -0.2) is 146 Å². The monoisotopic (exact) mass is 976 g/mol. The van der Waals surface area contributed by atoms with Crippen LogP contribution in [0.2, 0.25) is 0 Å². The van der Waals surface area contributed by atoms with Crippen molar-refractivity contribution in [3.05, 3.63) is 151 Å². The Bertz CT molecular complexity index is 3100. The number of azide groups is 2. The van der Waals surface area contributed by atoms with E-state index in [0.717, 1.165) is 43.8 Å². The van der Waals surface area contributed by atoms with Crippen molar-refractivity contribution in [3.8, 4) is 0 Å². The number of amidine groups is 4. The van der Waals surface area contributed by atoms with E-state index in [0.29, 0.717) is 98.8 Å². The van der Waals surface area contributed by atoms with E-state index in [1.807, 2.05) is 106 Å². The molecule has 362 valence electrons. The molecule has 6 aromatic rings. The molecular weight excluding hydrogens is 929 g/mol. The molecule has 0 aliphatic carbocycles. The van der Waals surface area contributed by atoms with Gasteiger partial charge in [0.15, 0.2) is 23.3 Å². The quantitative estimate of drug-likeness (QED) is 0.0201. The highest BCUT2D eigenvalue weighted by Crippen LogP contribution is 2.43. The normalized spacial score (nSPS) is 15.9. The van der Waals surface area contributed by atoms with Crippen LogP contribution in [0.25, 0.3) is 42.4 Å². The van der Waals surface area contributed by atoms with Gasteiger partial charge in [0.05, 0.1) is 92.5 Å². The molecule has 22 nitrogen and oxygen atoms in total. The van der Waals surface area contributed by atoms with Crippen LogP contribution in [0.15, 0.2) is 137 Å². The number of hydrogen-bond acceptors (Lipinski definition) is 16. The summed E-state index contributed by atoms with van der Waals surface area (Å²) < 4.78 is 53.7. The highest BCUT2D eigenvalue weighted by Gasteiger charge is 2.53. The van der Waals surface area contributed by atoms with Gasteiger partial charge in [0.2, 0.25) is 0 Å². The van der Waals surface area contributed by atoms with Crippen molar-refractivity contribution in [1.82, 2.24) is 8.47 Å². The molecule has 4 aliphatic rings. The minimum absolute atomic E-state index is 0.0602. The maximum absolute atomic E-state index is 8.49. The van der Waals surface area contributed by atoms with Crippen LogP contribution < -0.4 is 11.0 Å². The summed E-state index contributed by atoms with van der Waals surface area (Å²) in [7, 11) is -4.40. The van der Waals surface area contributed by atoms with Gasteiger partial charge in [-0.15, -0.1) is 0 Å². The third kappa shape index (κ3) is 9.93. The van der Waals surface area contributed by atoms with Crippen LogP contribution in [-0.2, 0) is 37.3 Å². The van der Waals surface area contributed by atoms with E-state index in [1.165, 1.54) is 0 Å². The number of nitrogens with zero attached hydrogens (tertiary/aromatic N) is 14. The van der Waals surface area contributed by atoms with Gasteiger partial charge in [-0.05, 0) is 11.1 Å². The molecule has 2 aromatic heterocycles. The van der Waals surface area contributed by atoms with Crippen molar-refractivity contribution in [2.24, 2.45) is 40.2 Å². The first-order valence-corrected chi connectivity index (χ1v) is 24.9. The molecule has 4 aromatic carbocycles. The first-order chi connectivity index (χ1) is 35.2. The van der Waals surface area contributed by atoms with E-state index in [9.17, 15) is 0 Å². The number of benzene rings is 4. The summed E-state index contributed by atoms with van der Waals surface area (Å²) in [5.74, 6) is 2.95. The summed E-state index contributed by atoms with van der Waals surface area (Å²) in [5, 5.41) is 10.1. The Labute approximate surface area is 406 Å². The Hall–Kier alpha value is -7.24. The smallest absolute Gasteiger partial charge is 0.379 e. The van der Waals surface area contributed by atoms with Crippen molar-refractivity contribution in [2.75, 3.05) is 106 Å². The molecule has 6 bridgehead atoms. The van der Waals surface area contributed by atoms with E-state index in [1.54, 1.807) is 0 Å². The first kappa shape index (κ1) is 47.4. The number of aromatic nitrogens is 2. The van der Waals surface area contributed by atoms with Gasteiger partial charge in [0.25, 0.3) is 0 Å². The van der Waals surface area contributed by atoms with E-state index in [-0.39, 0.29) is 52.7 Å². The summed E-state index contributed by atoms with van der Waals surface area (Å²) in [6, 6.07) is 31.9. The van der Waals surface area contributed by atoms with Crippen LogP contribution >= 0.6 is 0 Å². The van der Waals surface area contributed by atoms with Crippen LogP contribution in [0, 0.1) is 0 Å². The molecule has 0 fully saturated rings. The lowest BCUT2D eigenvalue weighted by Crippen LogP contribution is -2.64. The lowest BCUT2D eigenvalue weighted by atomic mass is 10.1. The standard InChI is InChI=1S/C48H48N14O8Si/c49-59-51-17-19-63-21-23-65-25-27-67-29-31-69-71(70-32-30-68-28-26-66-24-22-64-20-18-52-60-50)61-45-37-13-5-6-14-38(37)47(61)57-43-35-11-3-4-12-36(35)44(54-43)58-48-40-16-8-7-15-39(40)46(62(48)71)56-42-34-10-2-1-9-33(34)41(53-42)55-45/h1-16H,17-32H2. The Balaban J connectivity index is 1.09. The number of ether oxygens (including phenoxy) is 6. The topological polar surface area (TPSA) is 255 Å². The van der Waals surface area contributed by atoms with Gasteiger partial charge in [-0.2, -0.15) is 0 Å². The molecule has 0 saturated carbocycles. The molecule has 0 N–H and O–H groups in total. The highest BCUT2D eigenvalue weighted by atomic mass is 28.4. The average Bonchev–Trinajstić information content (AvgIpc) is 4.13. The van der Waals surface area contributed by atoms with Crippen LogP contribution in [0.4, 0.5) is 11.6 Å². The number of rotatable bonds is 26. The second kappa shape index (κ2) is 22.7. The van der Waals surface area contributed by atoms with E-state index in [4.69, 9.17) is 78.3 Å². The Kier molecular flexibility index (Phi) is 15.1. The number of hydrogen-bond donors (Lipinski definition) is 0. The maximum atomic E-state index is 8.49. The summed E-state index contributed by atoms with van der Waals surface area (Å²) in [5.41, 5.74) is 21.3. The van der Waals surface area contributed by atoms with Gasteiger partial charge in [0, 0.05) is 66.7 Å². The third-order valence-corrected chi connectivity index (χ3v) is 14.8. The second-order valence-electron chi connectivity index (χ2n) is 15.9. The predicted molar refractivity (Wildman–Crippen MR) is 266 cm³/mol. The summed E-state index contributed by atoms with van der Waals surface area (Å²) in [4.78, 5) is 37.6. The van der Waals surface area contributed by atoms with E-state index in [2.05, 4.69) is 20.1 Å². The molecule has 10 rings (SSSR count). The van der Waals surface area contributed by atoms with Crippen LogP contribution in [0.3, 0.4) is 0 Å². The van der Waals surface area contributed by atoms with Crippen molar-refractivity contribution < 1.29 is 37.3 Å². The molecule has 0 atom stereocenters. The number of fused-ring (bicyclic) bond motifs is 14. The second-order valence-corrected chi connectivity index (χ2v) is 18.5. The summed E-state index contributed by atoms with van der Waals surface area (Å²) in [6.07, 6.45) is 0. The molecule has 0 unspecified atom stereocenters. The molecule has 0 spiro atoms. The van der Waals surface area contributed by atoms with Crippen molar-refractivity contribution >= 4 is 65.4 Å². The predicted octanol–water partition coefficient (Wildman–Crippen LogP) is 6.12. The van der Waals surface area contributed by atoms with Gasteiger partial charge in [-0.3, -0.25) is 8.47 Å². The fourth-order valence-corrected chi connectivity index (χ4v) is 11.8. The highest BCUT2D eigenvalue weighted by molar-refractivity contribution is 6.66. The molecule has 0 radical (unpaired) electrons. The largest absolute Gasteiger partial charge is 0.603 e. The fraction of sp³-hybridized carbons (Fsp3) is 0.333. The lowest BCUT2D eigenvalue weighted by molar-refractivity contribution is -0.000262. The Morgan fingerprint density at radius 2 is 0.704 bits per heavy atom. The molecule has 23 heteroatoms. The zero-order chi connectivity index (χ0) is 48.2. The van der Waals surface area contributed by atoms with Gasteiger partial charge in [-0.1, -0.05) is 107 Å². The molecule has 71 heavy (non-hydrogen) atoms. The van der Waals surface area contributed by atoms with Gasteiger partial charge in [0.1, 0.15) is 22.6 Å². The zero-order valence-electron chi connectivity index (χ0n) is 38.6. The van der Waals surface area contributed by atoms with Crippen molar-refractivity contribution in [2.45, 2.75) is 0 Å². The Morgan fingerprint density at radius 1 is 0.380 bits per heavy atom. The van der Waals surface area contributed by atoms with E-state index < -0.39 is 8.88 Å². The minimum atomic E-state index is -4.40. The molecule has 0 saturated heterocycles. The molecule has 4 aliphatic heterocycles. The van der Waals surface area contributed by atoms with E-state index >= 15 is 0 Å². The average molecular weight is 977 g/mol. The lowest BCUT2D eigenvalue weighted by Gasteiger charge is -2.33. The summed E-state index contributed by atoms with van der Waals surface area (Å²) in [6.45, 7) is 4.21. The summed E-state index contributed by atoms with van der Waals surface area (Å²) >= 11 is 0. The van der Waals surface area contributed by atoms with Crippen LogP contribution in [0.1, 0.15) is 22.3 Å². The molecular formula is C48H48N14O8Si. The maximum Gasteiger partial charge on any atom is 0.603 e. The van der Waals surface area contributed by atoms with Crippen molar-refractivity contribution in [1.29, 1.82) is 0 Å². The van der Waals surface area contributed by atoms with Crippen LogP contribution in [0.5, 0.6) is 0 Å². The SMILES string of the molecule is [N-]=[N+]=NCCOCCOCCOCCO[Si]1(OCCOCCOCCOCCN=[N+]=[N-])n2c3c4ccccc4c2N=C2N=C(N=c4c5ccccc5c(n41)=NC1=NC(=N3)c3ccccc31)c1ccccc12. The first-order valence-electron chi connectivity index (χ1n) is 23.2. The van der Waals surface area contributed by atoms with Gasteiger partial charge >= 0.3 is 8.88 Å². The zero-order valence-corrected chi connectivity index (χ0v) is 39.6. The van der Waals surface area contributed by atoms with Gasteiger partial charge in [-0.25, -0.2) is 30.0 Å². The third-order valence-electron chi connectivity index (χ3n) is 11.6. The number of aliphatic imine (C=N–C) groups is 4. The minimum Gasteiger partial charge on any atom is -0.379 e. The molecule has 6 heterocycles. The van der Waals surface area contributed by atoms with Crippen molar-refractivity contribution in [3.63, 3.8) is 0 Å². The Morgan fingerprint density at radius 3 is 1.08 bits per heavy atom. The van der Waals surface area contributed by atoms with Gasteiger partial charge < -0.3 is 37.3 Å².